The van der Waals surface area contributed by atoms with Gasteiger partial charge in [0, 0.05) is 19.1 Å². The van der Waals surface area contributed by atoms with Crippen LogP contribution in [0.3, 0.4) is 0 Å². The first-order chi connectivity index (χ1) is 8.96. The number of nitrogens with zero attached hydrogens (tertiary/aromatic N) is 1. The summed E-state index contributed by atoms with van der Waals surface area (Å²) < 4.78 is 0. The number of carbonyl (C=O) groups excluding carboxylic acids is 1. The summed E-state index contributed by atoms with van der Waals surface area (Å²) in [5.74, 6) is -0.293. The quantitative estimate of drug-likeness (QED) is 0.838. The lowest BCUT2D eigenvalue weighted by Gasteiger charge is -2.33. The molecule has 1 aliphatic rings. The van der Waals surface area contributed by atoms with Crippen molar-refractivity contribution in [2.24, 2.45) is 5.73 Å². The average molecular weight is 261 g/mol. The Bertz CT molecular complexity index is 449. The lowest BCUT2D eigenvalue weighted by atomic mass is 9.92. The summed E-state index contributed by atoms with van der Waals surface area (Å²) in [5, 5.41) is 3.05. The molecule has 0 saturated carbocycles. The van der Waals surface area contributed by atoms with Crippen molar-refractivity contribution in [3.63, 3.8) is 0 Å². The maximum atomic E-state index is 11.6. The number of nitrogens with two attached hydrogens (primary N) is 1. The Balaban J connectivity index is 2.03. The molecule has 0 spiro atoms. The second kappa shape index (κ2) is 5.31. The van der Waals surface area contributed by atoms with E-state index in [9.17, 15) is 4.79 Å². The van der Waals surface area contributed by atoms with Gasteiger partial charge in [-0.15, -0.1) is 0 Å². The van der Waals surface area contributed by atoms with Crippen LogP contribution in [0.4, 0.5) is 0 Å². The lowest BCUT2D eigenvalue weighted by Crippen LogP contribution is -2.54. The zero-order valence-corrected chi connectivity index (χ0v) is 11.9. The Morgan fingerprint density at radius 1 is 1.42 bits per heavy atom. The number of hydrogen-bond acceptors (Lipinski definition) is 3. The fourth-order valence-electron chi connectivity index (χ4n) is 2.72. The van der Waals surface area contributed by atoms with Crippen molar-refractivity contribution in [1.29, 1.82) is 0 Å². The average Bonchev–Trinajstić information content (AvgIpc) is 2.82. The van der Waals surface area contributed by atoms with Gasteiger partial charge in [0.15, 0.2) is 0 Å². The van der Waals surface area contributed by atoms with E-state index in [-0.39, 0.29) is 5.91 Å². The van der Waals surface area contributed by atoms with Crippen LogP contribution in [-0.2, 0) is 17.9 Å². The van der Waals surface area contributed by atoms with Crippen LogP contribution in [-0.4, -0.2) is 29.4 Å². The number of likely N-dealkylation sites (N-methyl/N-ethyl adjacent to an activating group) is 1. The molecule has 1 aromatic rings. The first-order valence-corrected chi connectivity index (χ1v) is 6.76. The molecule has 0 fully saturated rings. The molecule has 0 aromatic heterocycles. The number of primary amides is 1. The molecule has 19 heavy (non-hydrogen) atoms. The summed E-state index contributed by atoms with van der Waals surface area (Å²) in [6.45, 7) is 5.94. The molecule has 1 heterocycles. The van der Waals surface area contributed by atoms with E-state index < -0.39 is 5.54 Å². The van der Waals surface area contributed by atoms with Crippen LogP contribution in [0.2, 0.25) is 0 Å². The van der Waals surface area contributed by atoms with Gasteiger partial charge in [-0.2, -0.15) is 0 Å². The highest BCUT2D eigenvalue weighted by atomic mass is 16.1. The van der Waals surface area contributed by atoms with E-state index in [1.165, 1.54) is 11.1 Å². The summed E-state index contributed by atoms with van der Waals surface area (Å²) >= 11 is 0. The predicted octanol–water partition coefficient (Wildman–Crippen LogP) is 1.24. The van der Waals surface area contributed by atoms with Gasteiger partial charge in [-0.3, -0.25) is 9.69 Å². The van der Waals surface area contributed by atoms with Crippen molar-refractivity contribution in [3.8, 4) is 0 Å². The van der Waals surface area contributed by atoms with Gasteiger partial charge in [0.05, 0.1) is 5.54 Å². The van der Waals surface area contributed by atoms with Gasteiger partial charge >= 0.3 is 0 Å². The maximum absolute atomic E-state index is 11.6. The van der Waals surface area contributed by atoms with Gasteiger partial charge in [0.2, 0.25) is 5.91 Å². The van der Waals surface area contributed by atoms with E-state index in [0.717, 1.165) is 13.1 Å². The van der Waals surface area contributed by atoms with Gasteiger partial charge in [-0.25, -0.2) is 0 Å². The summed E-state index contributed by atoms with van der Waals surface area (Å²) in [6.07, 6.45) is 0.715. The number of hydrogen-bond donors (Lipinski definition) is 2. The lowest BCUT2D eigenvalue weighted by molar-refractivity contribution is -0.124. The van der Waals surface area contributed by atoms with Gasteiger partial charge in [0.1, 0.15) is 0 Å². The minimum atomic E-state index is -0.645. The number of benzene rings is 1. The molecule has 1 amide bonds. The Morgan fingerprint density at radius 2 is 1.95 bits per heavy atom. The van der Waals surface area contributed by atoms with Crippen molar-refractivity contribution in [2.45, 2.75) is 44.9 Å². The number of rotatable bonds is 5. The van der Waals surface area contributed by atoms with Gasteiger partial charge in [-0.05, 0) is 38.4 Å². The molecule has 0 saturated heterocycles. The summed E-state index contributed by atoms with van der Waals surface area (Å²) in [4.78, 5) is 14.0. The first-order valence-electron chi connectivity index (χ1n) is 6.76. The summed E-state index contributed by atoms with van der Waals surface area (Å²) in [5.41, 5.74) is 7.63. The third-order valence-corrected chi connectivity index (χ3v) is 4.29. The van der Waals surface area contributed by atoms with Crippen molar-refractivity contribution >= 4 is 5.91 Å². The SMILES string of the molecule is CNC(C)(CC(C)N1Cc2ccccc2C1)C(N)=O. The molecule has 2 atom stereocenters. The van der Waals surface area contributed by atoms with Crippen molar-refractivity contribution in [1.82, 2.24) is 10.2 Å². The zero-order chi connectivity index (χ0) is 14.0. The topological polar surface area (TPSA) is 58.4 Å². The Labute approximate surface area is 115 Å². The maximum Gasteiger partial charge on any atom is 0.237 e. The van der Waals surface area contributed by atoms with Crippen molar-refractivity contribution < 1.29 is 4.79 Å². The van der Waals surface area contributed by atoms with Gasteiger partial charge < -0.3 is 11.1 Å². The molecule has 0 bridgehead atoms. The van der Waals surface area contributed by atoms with Crippen molar-refractivity contribution in [2.75, 3.05) is 7.05 Å². The Hall–Kier alpha value is -1.39. The highest BCUT2D eigenvalue weighted by molar-refractivity contribution is 5.84. The van der Waals surface area contributed by atoms with Crippen LogP contribution in [0.15, 0.2) is 24.3 Å². The molecule has 1 aliphatic heterocycles. The molecule has 104 valence electrons. The third kappa shape index (κ3) is 2.80. The zero-order valence-electron chi connectivity index (χ0n) is 11.9. The smallest absolute Gasteiger partial charge is 0.237 e. The van der Waals surface area contributed by atoms with Gasteiger partial charge in [-0.1, -0.05) is 24.3 Å². The van der Waals surface area contributed by atoms with Crippen LogP contribution < -0.4 is 11.1 Å². The fourth-order valence-corrected chi connectivity index (χ4v) is 2.72. The number of amides is 1. The van der Waals surface area contributed by atoms with Crippen LogP contribution in [0.5, 0.6) is 0 Å². The van der Waals surface area contributed by atoms with E-state index >= 15 is 0 Å². The van der Waals surface area contributed by atoms with Crippen LogP contribution in [0.25, 0.3) is 0 Å². The standard InChI is InChI=1S/C15H23N3O/c1-11(8-15(2,17-3)14(16)19)18-9-12-6-4-5-7-13(12)10-18/h4-7,11,17H,8-10H2,1-3H3,(H2,16,19). The predicted molar refractivity (Wildman–Crippen MR) is 76.4 cm³/mol. The highest BCUT2D eigenvalue weighted by Gasteiger charge is 2.34. The third-order valence-electron chi connectivity index (χ3n) is 4.29. The molecule has 1 aromatic carbocycles. The number of nitrogens with one attached hydrogen (secondary N) is 1. The second-order valence-corrected chi connectivity index (χ2v) is 5.67. The molecule has 2 unspecified atom stereocenters. The molecule has 0 radical (unpaired) electrons. The molecular formula is C15H23N3O. The van der Waals surface area contributed by atoms with Crippen molar-refractivity contribution in [3.05, 3.63) is 35.4 Å². The Morgan fingerprint density at radius 3 is 2.37 bits per heavy atom. The van der Waals surface area contributed by atoms with E-state index in [2.05, 4.69) is 41.4 Å². The van der Waals surface area contributed by atoms with E-state index in [4.69, 9.17) is 5.73 Å². The fraction of sp³-hybridized carbons (Fsp3) is 0.533. The number of carbonyl (C=O) groups is 1. The van der Waals surface area contributed by atoms with Crippen LogP contribution in [0.1, 0.15) is 31.4 Å². The monoisotopic (exact) mass is 261 g/mol. The highest BCUT2D eigenvalue weighted by Crippen LogP contribution is 2.27. The Kier molecular flexibility index (Phi) is 3.92. The molecule has 4 nitrogen and oxygen atoms in total. The summed E-state index contributed by atoms with van der Waals surface area (Å²) in [7, 11) is 1.79. The second-order valence-electron chi connectivity index (χ2n) is 5.67. The minimum absolute atomic E-state index is 0.293. The van der Waals surface area contributed by atoms with Gasteiger partial charge in [0.25, 0.3) is 0 Å². The number of fused-ring (bicyclic) bond motifs is 1. The van der Waals surface area contributed by atoms with Crippen LogP contribution >= 0.6 is 0 Å². The molecule has 0 aliphatic carbocycles. The normalized spacial score (nSPS) is 19.7. The molecule has 2 rings (SSSR count). The van der Waals surface area contributed by atoms with E-state index in [1.54, 1.807) is 7.05 Å². The minimum Gasteiger partial charge on any atom is -0.368 e. The molecule has 3 N–H and O–H groups in total. The molecular weight excluding hydrogens is 238 g/mol. The largest absolute Gasteiger partial charge is 0.368 e. The summed E-state index contributed by atoms with van der Waals surface area (Å²) in [6, 6.07) is 8.81. The van der Waals surface area contributed by atoms with E-state index in [0.29, 0.717) is 12.5 Å². The van der Waals surface area contributed by atoms with Crippen LogP contribution in [0, 0.1) is 0 Å². The van der Waals surface area contributed by atoms with E-state index in [1.807, 2.05) is 6.92 Å². The molecule has 4 heteroatoms. The first kappa shape index (κ1) is 14.0.